The lowest BCUT2D eigenvalue weighted by Gasteiger charge is -2.00. The number of methoxy groups -OCH3 is 1. The highest BCUT2D eigenvalue weighted by Crippen LogP contribution is 2.21. The van der Waals surface area contributed by atoms with Gasteiger partial charge in [-0.2, -0.15) is 5.26 Å². The molecule has 0 aliphatic carbocycles. The maximum atomic E-state index is 8.23. The minimum absolute atomic E-state index is 0.488. The second-order valence-electron chi connectivity index (χ2n) is 2.21. The summed E-state index contributed by atoms with van der Waals surface area (Å²) in [6, 6.07) is 6.83. The van der Waals surface area contributed by atoms with Crippen molar-refractivity contribution in [3.8, 4) is 23.7 Å². The summed E-state index contributed by atoms with van der Waals surface area (Å²) in [5.74, 6) is 5.56. The molecule has 0 saturated heterocycles. The molecule has 1 aromatic carbocycles. The summed E-state index contributed by atoms with van der Waals surface area (Å²) in [6.07, 6.45) is 0. The number of rotatable bonds is 1. The molecule has 0 spiro atoms. The van der Waals surface area contributed by atoms with Gasteiger partial charge < -0.3 is 4.74 Å². The molecule has 0 atom stereocenters. The first-order valence-corrected chi connectivity index (χ1v) is 3.89. The molecule has 0 fully saturated rings. The summed E-state index contributed by atoms with van der Waals surface area (Å²) in [6.45, 7) is 0. The first-order valence-electron chi connectivity index (χ1n) is 3.51. The molecule has 0 unspecified atom stereocenters. The van der Waals surface area contributed by atoms with E-state index < -0.39 is 0 Å². The smallest absolute Gasteiger partial charge is 0.152 e. The molecular weight excluding hydrogens is 186 g/mol. The fourth-order valence-corrected chi connectivity index (χ4v) is 1.04. The normalized spacial score (nSPS) is 8.08. The molecule has 64 valence electrons. The van der Waals surface area contributed by atoms with Crippen molar-refractivity contribution in [2.24, 2.45) is 0 Å². The second kappa shape index (κ2) is 4.40. The van der Waals surface area contributed by atoms with Crippen LogP contribution in [0.2, 0.25) is 5.02 Å². The van der Waals surface area contributed by atoms with Crippen LogP contribution in [0.5, 0.6) is 5.75 Å². The van der Waals surface area contributed by atoms with E-state index in [1.807, 2.05) is 0 Å². The van der Waals surface area contributed by atoms with E-state index in [0.29, 0.717) is 16.3 Å². The van der Waals surface area contributed by atoms with Gasteiger partial charge in [0.2, 0.25) is 0 Å². The molecule has 0 bridgehead atoms. The number of halogens is 1. The molecule has 0 radical (unpaired) electrons. The van der Waals surface area contributed by atoms with Gasteiger partial charge >= 0.3 is 0 Å². The Morgan fingerprint density at radius 3 is 2.77 bits per heavy atom. The molecule has 0 N–H and O–H groups in total. The number of benzene rings is 1. The van der Waals surface area contributed by atoms with Crippen LogP contribution in [0.1, 0.15) is 5.56 Å². The van der Waals surface area contributed by atoms with Gasteiger partial charge in [0.05, 0.1) is 12.1 Å². The molecule has 1 rings (SSSR count). The van der Waals surface area contributed by atoms with Gasteiger partial charge in [-0.1, -0.05) is 11.6 Å². The van der Waals surface area contributed by atoms with E-state index in [0.717, 1.165) is 0 Å². The molecule has 0 aromatic heterocycles. The van der Waals surface area contributed by atoms with Crippen LogP contribution >= 0.6 is 11.6 Å². The van der Waals surface area contributed by atoms with Crippen molar-refractivity contribution in [2.75, 3.05) is 7.11 Å². The van der Waals surface area contributed by atoms with Gasteiger partial charge in [-0.3, -0.25) is 0 Å². The van der Waals surface area contributed by atoms with Crippen molar-refractivity contribution >= 4 is 11.6 Å². The number of hydrogen-bond acceptors (Lipinski definition) is 2. The number of nitrogens with zero attached hydrogens (tertiary/aromatic N) is 1. The lowest BCUT2D eigenvalue weighted by Crippen LogP contribution is -1.83. The van der Waals surface area contributed by atoms with E-state index >= 15 is 0 Å². The third kappa shape index (κ3) is 2.40. The SMILES string of the molecule is COc1ccc(C#CC#N)c(Cl)c1. The lowest BCUT2D eigenvalue weighted by molar-refractivity contribution is 0.415. The number of ether oxygens (including phenoxy) is 1. The Hall–Kier alpha value is -1.64. The number of hydrogen-bond donors (Lipinski definition) is 0. The second-order valence-corrected chi connectivity index (χ2v) is 2.61. The maximum Gasteiger partial charge on any atom is 0.152 e. The molecule has 13 heavy (non-hydrogen) atoms. The van der Waals surface area contributed by atoms with Crippen molar-refractivity contribution < 1.29 is 4.74 Å². The van der Waals surface area contributed by atoms with E-state index in [1.165, 1.54) is 0 Å². The van der Waals surface area contributed by atoms with E-state index in [1.54, 1.807) is 31.4 Å². The summed E-state index contributed by atoms with van der Waals surface area (Å²) in [5.41, 5.74) is 0.629. The third-order valence-corrected chi connectivity index (χ3v) is 1.74. The van der Waals surface area contributed by atoms with Gasteiger partial charge in [0, 0.05) is 11.5 Å². The summed E-state index contributed by atoms with van der Waals surface area (Å²) in [5, 5.41) is 8.72. The predicted octanol–water partition coefficient (Wildman–Crippen LogP) is 2.22. The Kier molecular flexibility index (Phi) is 3.20. The van der Waals surface area contributed by atoms with Crippen LogP contribution in [0.4, 0.5) is 0 Å². The van der Waals surface area contributed by atoms with Crippen LogP contribution < -0.4 is 4.74 Å². The van der Waals surface area contributed by atoms with Gasteiger partial charge in [0.15, 0.2) is 6.07 Å². The monoisotopic (exact) mass is 191 g/mol. The Balaban J connectivity index is 3.07. The van der Waals surface area contributed by atoms with Crippen molar-refractivity contribution in [1.82, 2.24) is 0 Å². The zero-order chi connectivity index (χ0) is 9.68. The number of nitriles is 1. The zero-order valence-corrected chi connectivity index (χ0v) is 7.72. The van der Waals surface area contributed by atoms with Crippen LogP contribution in [0.15, 0.2) is 18.2 Å². The van der Waals surface area contributed by atoms with E-state index in [9.17, 15) is 0 Å². The first kappa shape index (κ1) is 9.45. The highest BCUT2D eigenvalue weighted by Gasteiger charge is 1.98. The molecular formula is C10H6ClNO. The summed E-state index contributed by atoms with van der Waals surface area (Å²) in [7, 11) is 1.56. The molecule has 0 aliphatic rings. The van der Waals surface area contributed by atoms with Crippen molar-refractivity contribution in [1.29, 1.82) is 5.26 Å². The first-order chi connectivity index (χ1) is 6.27. The molecule has 0 saturated carbocycles. The van der Waals surface area contributed by atoms with Crippen LogP contribution in [-0.2, 0) is 0 Å². The minimum atomic E-state index is 0.488. The van der Waals surface area contributed by atoms with Gasteiger partial charge in [-0.15, -0.1) is 0 Å². The Morgan fingerprint density at radius 2 is 2.23 bits per heavy atom. The molecule has 0 aliphatic heterocycles. The summed E-state index contributed by atoms with van der Waals surface area (Å²) in [4.78, 5) is 0. The molecule has 1 aromatic rings. The van der Waals surface area contributed by atoms with Gasteiger partial charge in [-0.05, 0) is 24.1 Å². The molecule has 3 heteroatoms. The topological polar surface area (TPSA) is 33.0 Å². The van der Waals surface area contributed by atoms with Gasteiger partial charge in [0.25, 0.3) is 0 Å². The van der Waals surface area contributed by atoms with E-state index in [-0.39, 0.29) is 0 Å². The van der Waals surface area contributed by atoms with Crippen molar-refractivity contribution in [3.63, 3.8) is 0 Å². The largest absolute Gasteiger partial charge is 0.497 e. The Morgan fingerprint density at radius 1 is 1.46 bits per heavy atom. The van der Waals surface area contributed by atoms with Crippen LogP contribution in [0, 0.1) is 23.2 Å². The maximum absolute atomic E-state index is 8.23. The standard InChI is InChI=1S/C10H6ClNO/c1-13-9-5-4-8(3-2-6-12)10(11)7-9/h4-5,7H,1H3. The van der Waals surface area contributed by atoms with Crippen LogP contribution in [0.3, 0.4) is 0 Å². The van der Waals surface area contributed by atoms with Gasteiger partial charge in [-0.25, -0.2) is 0 Å². The van der Waals surface area contributed by atoms with Crippen LogP contribution in [-0.4, -0.2) is 7.11 Å². The fourth-order valence-electron chi connectivity index (χ4n) is 0.819. The fraction of sp³-hybridized carbons (Fsp3) is 0.100. The predicted molar refractivity (Wildman–Crippen MR) is 50.5 cm³/mol. The highest BCUT2D eigenvalue weighted by atomic mass is 35.5. The Bertz CT molecular complexity index is 409. The van der Waals surface area contributed by atoms with E-state index in [2.05, 4.69) is 11.8 Å². The lowest BCUT2D eigenvalue weighted by atomic mass is 10.2. The summed E-state index contributed by atoms with van der Waals surface area (Å²) < 4.78 is 4.96. The summed E-state index contributed by atoms with van der Waals surface area (Å²) >= 11 is 5.85. The minimum Gasteiger partial charge on any atom is -0.497 e. The molecule has 0 heterocycles. The third-order valence-electron chi connectivity index (χ3n) is 1.43. The molecule has 2 nitrogen and oxygen atoms in total. The van der Waals surface area contributed by atoms with E-state index in [4.69, 9.17) is 21.6 Å². The van der Waals surface area contributed by atoms with Crippen molar-refractivity contribution in [3.05, 3.63) is 28.8 Å². The quantitative estimate of drug-likeness (QED) is 0.638. The average Bonchev–Trinajstić information content (AvgIpc) is 2.16. The van der Waals surface area contributed by atoms with Crippen molar-refractivity contribution in [2.45, 2.75) is 0 Å². The average molecular weight is 192 g/mol. The molecule has 0 amide bonds. The van der Waals surface area contributed by atoms with Gasteiger partial charge in [0.1, 0.15) is 5.75 Å². The highest BCUT2D eigenvalue weighted by molar-refractivity contribution is 6.31. The Labute approximate surface area is 81.7 Å². The zero-order valence-electron chi connectivity index (χ0n) is 6.97. The van der Waals surface area contributed by atoms with Crippen LogP contribution in [0.25, 0.3) is 0 Å².